The van der Waals surface area contributed by atoms with Gasteiger partial charge in [0.1, 0.15) is 17.6 Å². The summed E-state index contributed by atoms with van der Waals surface area (Å²) in [5.74, 6) is -5.36. The van der Waals surface area contributed by atoms with Crippen molar-refractivity contribution in [3.05, 3.63) is 61.2 Å². The molecule has 3 unspecified atom stereocenters. The molecule has 0 saturated heterocycles. The number of benzene rings is 1. The van der Waals surface area contributed by atoms with Gasteiger partial charge in [0.15, 0.2) is 0 Å². The van der Waals surface area contributed by atoms with Gasteiger partial charge in [0.05, 0.1) is 0 Å². The molecule has 26 heavy (non-hydrogen) atoms. The summed E-state index contributed by atoms with van der Waals surface area (Å²) in [6, 6.07) is 6.51. The zero-order valence-corrected chi connectivity index (χ0v) is 15.5. The van der Waals surface area contributed by atoms with E-state index in [1.165, 1.54) is 0 Å². The molecule has 1 rings (SSSR count). The fourth-order valence-electron chi connectivity index (χ4n) is 2.55. The van der Waals surface area contributed by atoms with E-state index in [-0.39, 0.29) is 6.42 Å². The summed E-state index contributed by atoms with van der Waals surface area (Å²) in [6.07, 6.45) is 1.30. The molecule has 0 radical (unpaired) electrons. The molecule has 0 fully saturated rings. The number of carboxylic acid groups (broad SMARTS) is 1. The molecule has 0 aliphatic heterocycles. The van der Waals surface area contributed by atoms with Crippen molar-refractivity contribution < 1.29 is 38.6 Å². The van der Waals surface area contributed by atoms with Crippen molar-refractivity contribution in [2.75, 3.05) is 0 Å². The maximum absolute atomic E-state index is 11.8. The summed E-state index contributed by atoms with van der Waals surface area (Å²) < 4.78 is 23.7. The molecule has 0 aromatic heterocycles. The topological polar surface area (TPSA) is 156 Å². The van der Waals surface area contributed by atoms with E-state index in [2.05, 4.69) is 13.2 Å². The Labute approximate surface area is 150 Å². The zero-order chi connectivity index (χ0) is 20.1. The lowest BCUT2D eigenvalue weighted by Gasteiger charge is -2.39. The van der Waals surface area contributed by atoms with Crippen molar-refractivity contribution in [3.8, 4) is 0 Å². The van der Waals surface area contributed by atoms with Gasteiger partial charge >= 0.3 is 21.2 Å². The van der Waals surface area contributed by atoms with Gasteiger partial charge in [-0.15, -0.1) is 13.2 Å². The summed E-state index contributed by atoms with van der Waals surface area (Å²) in [4.78, 5) is 50.7. The van der Waals surface area contributed by atoms with E-state index in [4.69, 9.17) is 0 Å². The predicted octanol–water partition coefficient (Wildman–Crippen LogP) is 1.36. The van der Waals surface area contributed by atoms with E-state index in [1.54, 1.807) is 30.3 Å². The number of hydrogen-bond donors (Lipinski definition) is 5. The van der Waals surface area contributed by atoms with Gasteiger partial charge in [0.2, 0.25) is 0 Å². The predicted molar refractivity (Wildman–Crippen MR) is 95.5 cm³/mol. The Balaban J connectivity index is 3.54. The molecule has 0 heterocycles. The van der Waals surface area contributed by atoms with Crippen LogP contribution in [0, 0.1) is 0 Å². The van der Waals surface area contributed by atoms with Crippen LogP contribution in [-0.2, 0) is 20.3 Å². The molecule has 144 valence electrons. The van der Waals surface area contributed by atoms with Crippen LogP contribution in [0.3, 0.4) is 0 Å². The standard InChI is InChI=1S/C15H21NO8P2/c1-3-13(25(19,20)21)16(14(4-2)26(22,23)24)12(15(17)18)10-11-8-6-5-7-9-11/h3-9,12-14H,1-2,10H2,(H,17,18)(H2,19,20,21)(H2,22,23,24). The SMILES string of the molecule is C=CC(N(C(Cc1ccccc1)C(=O)O)C(C=C)P(=O)(O)O)P(=O)(O)O. The normalized spacial score (nSPS) is 15.9. The lowest BCUT2D eigenvalue weighted by Crippen LogP contribution is -2.52. The third-order valence-corrected chi connectivity index (χ3v) is 5.97. The zero-order valence-electron chi connectivity index (χ0n) is 13.7. The third kappa shape index (κ3) is 5.72. The minimum Gasteiger partial charge on any atom is -0.480 e. The smallest absolute Gasteiger partial charge is 0.346 e. The summed E-state index contributed by atoms with van der Waals surface area (Å²) in [6.45, 7) is 6.56. The van der Waals surface area contributed by atoms with E-state index < -0.39 is 38.8 Å². The first-order valence-corrected chi connectivity index (χ1v) is 10.7. The first-order valence-electron chi connectivity index (χ1n) is 7.33. The van der Waals surface area contributed by atoms with Crippen LogP contribution in [0.2, 0.25) is 0 Å². The Morgan fingerprint density at radius 1 is 1.00 bits per heavy atom. The molecule has 5 N–H and O–H groups in total. The van der Waals surface area contributed by atoms with Gasteiger partial charge < -0.3 is 24.7 Å². The average molecular weight is 405 g/mol. The molecule has 1 aromatic carbocycles. The van der Waals surface area contributed by atoms with Crippen LogP contribution in [0.25, 0.3) is 0 Å². The van der Waals surface area contributed by atoms with Crippen LogP contribution in [-0.4, -0.2) is 53.2 Å². The molecule has 3 atom stereocenters. The molecule has 0 amide bonds. The Morgan fingerprint density at radius 2 is 1.42 bits per heavy atom. The summed E-state index contributed by atoms with van der Waals surface area (Å²) >= 11 is 0. The first kappa shape index (κ1) is 22.5. The lowest BCUT2D eigenvalue weighted by molar-refractivity contribution is -0.143. The van der Waals surface area contributed by atoms with Crippen molar-refractivity contribution in [2.24, 2.45) is 0 Å². The van der Waals surface area contributed by atoms with E-state index in [0.29, 0.717) is 10.5 Å². The van der Waals surface area contributed by atoms with Gasteiger partial charge in [0.25, 0.3) is 0 Å². The first-order chi connectivity index (χ1) is 11.9. The highest BCUT2D eigenvalue weighted by Crippen LogP contribution is 2.52. The molecular weight excluding hydrogens is 384 g/mol. The molecule has 11 heteroatoms. The van der Waals surface area contributed by atoms with Crippen LogP contribution in [0.15, 0.2) is 55.6 Å². The van der Waals surface area contributed by atoms with Crippen LogP contribution in [0.1, 0.15) is 5.56 Å². The van der Waals surface area contributed by atoms with Crippen molar-refractivity contribution in [1.29, 1.82) is 0 Å². The van der Waals surface area contributed by atoms with E-state index in [1.807, 2.05) is 0 Å². The Kier molecular flexibility index (Phi) is 7.68. The second-order valence-corrected chi connectivity index (χ2v) is 8.88. The maximum Gasteiger partial charge on any atom is 0.346 e. The highest BCUT2D eigenvalue weighted by molar-refractivity contribution is 7.53. The number of carbonyl (C=O) groups is 1. The Hall–Kier alpha value is -1.57. The Morgan fingerprint density at radius 3 is 1.73 bits per heavy atom. The van der Waals surface area contributed by atoms with E-state index in [0.717, 1.165) is 12.2 Å². The number of aliphatic carboxylic acids is 1. The maximum atomic E-state index is 11.8. The van der Waals surface area contributed by atoms with Crippen LogP contribution < -0.4 is 0 Å². The highest BCUT2D eigenvalue weighted by atomic mass is 31.2. The van der Waals surface area contributed by atoms with Crippen molar-refractivity contribution in [3.63, 3.8) is 0 Å². The molecule has 9 nitrogen and oxygen atoms in total. The van der Waals surface area contributed by atoms with Crippen LogP contribution in [0.5, 0.6) is 0 Å². The second-order valence-electron chi connectivity index (χ2n) is 5.47. The highest BCUT2D eigenvalue weighted by Gasteiger charge is 2.47. The van der Waals surface area contributed by atoms with Gasteiger partial charge in [0, 0.05) is 0 Å². The molecule has 0 bridgehead atoms. The summed E-state index contributed by atoms with van der Waals surface area (Å²) in [5.41, 5.74) is 0.506. The van der Waals surface area contributed by atoms with Crippen molar-refractivity contribution >= 4 is 21.2 Å². The fraction of sp³-hybridized carbons (Fsp3) is 0.267. The second kappa shape index (κ2) is 8.88. The fourth-order valence-corrected chi connectivity index (χ4v) is 4.51. The van der Waals surface area contributed by atoms with Gasteiger partial charge in [-0.3, -0.25) is 18.8 Å². The number of carboxylic acids is 1. The van der Waals surface area contributed by atoms with Gasteiger partial charge in [-0.2, -0.15) is 0 Å². The van der Waals surface area contributed by atoms with Crippen molar-refractivity contribution in [2.45, 2.75) is 24.0 Å². The monoisotopic (exact) mass is 405 g/mol. The average Bonchev–Trinajstić information content (AvgIpc) is 2.51. The minimum atomic E-state index is -5.01. The lowest BCUT2D eigenvalue weighted by atomic mass is 10.0. The quantitative estimate of drug-likeness (QED) is 0.287. The number of nitrogens with zero attached hydrogens (tertiary/aromatic N) is 1. The van der Waals surface area contributed by atoms with E-state index >= 15 is 0 Å². The third-order valence-electron chi connectivity index (χ3n) is 3.64. The van der Waals surface area contributed by atoms with Gasteiger partial charge in [-0.1, -0.05) is 42.5 Å². The van der Waals surface area contributed by atoms with E-state index in [9.17, 15) is 38.6 Å². The largest absolute Gasteiger partial charge is 0.480 e. The summed E-state index contributed by atoms with van der Waals surface area (Å²) in [7, 11) is -10.0. The molecule has 0 saturated carbocycles. The van der Waals surface area contributed by atoms with Gasteiger partial charge in [-0.25, -0.2) is 0 Å². The Bertz CT molecular complexity index is 707. The van der Waals surface area contributed by atoms with Gasteiger partial charge in [-0.05, 0) is 12.0 Å². The molecule has 0 spiro atoms. The van der Waals surface area contributed by atoms with Crippen LogP contribution in [0.4, 0.5) is 0 Å². The number of rotatable bonds is 10. The molecule has 1 aromatic rings. The van der Waals surface area contributed by atoms with Crippen molar-refractivity contribution in [1.82, 2.24) is 4.90 Å². The number of hydrogen-bond acceptors (Lipinski definition) is 4. The van der Waals surface area contributed by atoms with Crippen LogP contribution >= 0.6 is 15.2 Å². The molecule has 0 aliphatic carbocycles. The summed E-state index contributed by atoms with van der Waals surface area (Å²) in [5, 5.41) is 9.61. The minimum absolute atomic E-state index is 0.245. The molecular formula is C15H21NO8P2. The molecule has 0 aliphatic rings.